The van der Waals surface area contributed by atoms with Crippen LogP contribution in [0.2, 0.25) is 0 Å². The van der Waals surface area contributed by atoms with E-state index < -0.39 is 0 Å². The maximum atomic E-state index is 2.31. The van der Waals surface area contributed by atoms with Crippen LogP contribution in [0.3, 0.4) is 0 Å². The van der Waals surface area contributed by atoms with Gasteiger partial charge in [0.1, 0.15) is 0 Å². The third kappa shape index (κ3) is 10.7. The van der Waals surface area contributed by atoms with Crippen LogP contribution in [0.1, 0.15) is 53.4 Å². The van der Waals surface area contributed by atoms with Gasteiger partial charge in [-0.3, -0.25) is 0 Å². The predicted molar refractivity (Wildman–Crippen MR) is 64.8 cm³/mol. The zero-order valence-corrected chi connectivity index (χ0v) is 15.1. The van der Waals surface area contributed by atoms with Gasteiger partial charge in [0.15, 0.2) is 0 Å². The molecule has 0 radical (unpaired) electrons. The van der Waals surface area contributed by atoms with Crippen LogP contribution in [0.4, 0.5) is 0 Å². The summed E-state index contributed by atoms with van der Waals surface area (Å²) in [4.78, 5) is 0. The maximum Gasteiger partial charge on any atom is 1.00 e. The molecule has 0 unspecified atom stereocenters. The van der Waals surface area contributed by atoms with E-state index in [2.05, 4.69) is 27.7 Å². The third-order valence-electron chi connectivity index (χ3n) is 2.79. The molecule has 0 aliphatic rings. The minimum atomic E-state index is 0. The zero-order chi connectivity index (χ0) is 10.2. The molecule has 0 atom stereocenters. The smallest absolute Gasteiger partial charge is 0.870 e. The molecule has 0 aromatic rings. The summed E-state index contributed by atoms with van der Waals surface area (Å²) >= 11 is 0. The van der Waals surface area contributed by atoms with E-state index in [0.717, 1.165) is 0 Å². The first-order chi connectivity index (χ1) is 6.24. The Morgan fingerprint density at radius 1 is 0.562 bits per heavy atom. The van der Waals surface area contributed by atoms with Crippen molar-refractivity contribution in [3.05, 3.63) is 0 Å². The first kappa shape index (κ1) is 26.2. The van der Waals surface area contributed by atoms with Crippen molar-refractivity contribution in [1.82, 2.24) is 0 Å². The van der Waals surface area contributed by atoms with Crippen molar-refractivity contribution in [2.24, 2.45) is 0 Å². The quantitative estimate of drug-likeness (QED) is 0.458. The normalized spacial score (nSPS) is 9.75. The summed E-state index contributed by atoms with van der Waals surface area (Å²) in [5.41, 5.74) is 0. The van der Waals surface area contributed by atoms with Crippen molar-refractivity contribution in [2.75, 3.05) is 26.2 Å². The first-order valence-corrected chi connectivity index (χ1v) is 6.09. The SMILES string of the molecule is CCC[N+](CCC)(CCC)CCC.[K+].[OH-].[OH-]. The predicted octanol–water partition coefficient (Wildman–Crippen LogP) is 0.0936. The van der Waals surface area contributed by atoms with Crippen molar-refractivity contribution in [2.45, 2.75) is 53.4 Å². The van der Waals surface area contributed by atoms with Gasteiger partial charge >= 0.3 is 51.4 Å². The molecule has 4 heteroatoms. The standard InChI is InChI=1S/C12H28N.K.2H2O/c1-5-9-13(10-6-2,11-7-3)12-8-4;;;/h5-12H2,1-4H3;;2*1H2/q2*+1;;/p-2. The van der Waals surface area contributed by atoms with Gasteiger partial charge in [0.2, 0.25) is 0 Å². The van der Waals surface area contributed by atoms with Gasteiger partial charge < -0.3 is 15.4 Å². The molecule has 16 heavy (non-hydrogen) atoms. The summed E-state index contributed by atoms with van der Waals surface area (Å²) in [5, 5.41) is 0. The van der Waals surface area contributed by atoms with E-state index in [-0.39, 0.29) is 62.3 Å². The Morgan fingerprint density at radius 3 is 0.875 bits per heavy atom. The van der Waals surface area contributed by atoms with Gasteiger partial charge in [-0.25, -0.2) is 0 Å². The van der Waals surface area contributed by atoms with Crippen LogP contribution in [0.25, 0.3) is 0 Å². The van der Waals surface area contributed by atoms with E-state index >= 15 is 0 Å². The largest absolute Gasteiger partial charge is 1.00 e. The number of nitrogens with zero attached hydrogens (tertiary/aromatic N) is 1. The number of rotatable bonds is 8. The van der Waals surface area contributed by atoms with Crippen molar-refractivity contribution in [1.29, 1.82) is 0 Å². The van der Waals surface area contributed by atoms with E-state index in [4.69, 9.17) is 0 Å². The fraction of sp³-hybridized carbons (Fsp3) is 1.00. The van der Waals surface area contributed by atoms with Gasteiger partial charge in [0, 0.05) is 0 Å². The third-order valence-corrected chi connectivity index (χ3v) is 2.79. The Morgan fingerprint density at radius 2 is 0.750 bits per heavy atom. The molecular weight excluding hydrogens is 229 g/mol. The Hall–Kier alpha value is 1.52. The van der Waals surface area contributed by atoms with Crippen molar-refractivity contribution in [3.8, 4) is 0 Å². The molecule has 0 aromatic heterocycles. The summed E-state index contributed by atoms with van der Waals surface area (Å²) in [5.74, 6) is 0. The molecule has 0 rings (SSSR count). The van der Waals surface area contributed by atoms with Crippen LogP contribution < -0.4 is 51.4 Å². The summed E-state index contributed by atoms with van der Waals surface area (Å²) in [7, 11) is 0. The van der Waals surface area contributed by atoms with Crippen LogP contribution in [0.15, 0.2) is 0 Å². The molecule has 0 heterocycles. The van der Waals surface area contributed by atoms with Gasteiger partial charge in [-0.1, -0.05) is 27.7 Å². The molecule has 0 aromatic carbocycles. The van der Waals surface area contributed by atoms with E-state index in [9.17, 15) is 0 Å². The number of hydrogen-bond donors (Lipinski definition) is 0. The van der Waals surface area contributed by atoms with Crippen LogP contribution in [-0.2, 0) is 0 Å². The summed E-state index contributed by atoms with van der Waals surface area (Å²) in [6, 6.07) is 0. The average molecular weight is 259 g/mol. The van der Waals surface area contributed by atoms with Gasteiger partial charge in [0.05, 0.1) is 26.2 Å². The van der Waals surface area contributed by atoms with E-state index in [0.29, 0.717) is 0 Å². The molecule has 0 aliphatic carbocycles. The molecule has 0 bridgehead atoms. The van der Waals surface area contributed by atoms with Crippen LogP contribution in [0.5, 0.6) is 0 Å². The molecule has 0 saturated heterocycles. The molecule has 0 saturated carbocycles. The molecule has 2 N–H and O–H groups in total. The monoisotopic (exact) mass is 259 g/mol. The Labute approximate surface area is 145 Å². The molecule has 0 spiro atoms. The second kappa shape index (κ2) is 16.5. The van der Waals surface area contributed by atoms with Crippen molar-refractivity contribution < 1.29 is 66.8 Å². The Balaban J connectivity index is -0.000000240. The summed E-state index contributed by atoms with van der Waals surface area (Å²) < 4.78 is 1.38. The van der Waals surface area contributed by atoms with Gasteiger partial charge in [0.25, 0.3) is 0 Å². The van der Waals surface area contributed by atoms with Gasteiger partial charge in [-0.2, -0.15) is 0 Å². The second-order valence-electron chi connectivity index (χ2n) is 4.24. The Bertz CT molecular complexity index is 94.1. The average Bonchev–Trinajstić information content (AvgIpc) is 2.06. The summed E-state index contributed by atoms with van der Waals surface area (Å²) in [6.07, 6.45) is 5.33. The number of quaternary nitrogens is 1. The fourth-order valence-corrected chi connectivity index (χ4v) is 2.57. The van der Waals surface area contributed by atoms with E-state index in [1.165, 1.54) is 56.3 Å². The number of hydrogen-bond acceptors (Lipinski definition) is 2. The minimum absolute atomic E-state index is 0. The Kier molecular flexibility index (Phi) is 27.0. The van der Waals surface area contributed by atoms with Crippen LogP contribution in [0, 0.1) is 0 Å². The van der Waals surface area contributed by atoms with Crippen LogP contribution in [-0.4, -0.2) is 41.6 Å². The molecule has 0 amide bonds. The molecule has 96 valence electrons. The van der Waals surface area contributed by atoms with Gasteiger partial charge in [-0.15, -0.1) is 0 Å². The molecule has 3 nitrogen and oxygen atoms in total. The molecule has 0 fully saturated rings. The second-order valence-corrected chi connectivity index (χ2v) is 4.24. The van der Waals surface area contributed by atoms with Crippen LogP contribution >= 0.6 is 0 Å². The van der Waals surface area contributed by atoms with E-state index in [1.807, 2.05) is 0 Å². The fourth-order valence-electron chi connectivity index (χ4n) is 2.57. The van der Waals surface area contributed by atoms with Crippen molar-refractivity contribution in [3.63, 3.8) is 0 Å². The summed E-state index contributed by atoms with van der Waals surface area (Å²) in [6.45, 7) is 14.8. The van der Waals surface area contributed by atoms with E-state index in [1.54, 1.807) is 0 Å². The minimum Gasteiger partial charge on any atom is -0.870 e. The van der Waals surface area contributed by atoms with Crippen molar-refractivity contribution >= 4 is 0 Å². The molecular formula is C12H30KNO2. The maximum absolute atomic E-state index is 2.31. The zero-order valence-electron chi connectivity index (χ0n) is 12.0. The molecule has 0 aliphatic heterocycles. The topological polar surface area (TPSA) is 60.0 Å². The van der Waals surface area contributed by atoms with Gasteiger partial charge in [-0.05, 0) is 25.7 Å². The first-order valence-electron chi connectivity index (χ1n) is 6.09.